The summed E-state index contributed by atoms with van der Waals surface area (Å²) < 4.78 is 13.5. The summed E-state index contributed by atoms with van der Waals surface area (Å²) >= 11 is 0. The van der Waals surface area contributed by atoms with Crippen LogP contribution in [0.2, 0.25) is 0 Å². The van der Waals surface area contributed by atoms with Gasteiger partial charge in [0.15, 0.2) is 5.78 Å². The minimum absolute atomic E-state index is 0.0993. The second-order valence-corrected chi connectivity index (χ2v) is 6.19. The molecule has 1 saturated heterocycles. The number of hydrogen-bond donors (Lipinski definition) is 0. The molecule has 0 aliphatic carbocycles. The molecule has 2 rings (SSSR count). The molecular weight excluding hydrogens is 267 g/mol. The van der Waals surface area contributed by atoms with Gasteiger partial charge in [-0.3, -0.25) is 4.79 Å². The Labute approximate surface area is 126 Å². The number of halogens is 1. The first-order valence-electron chi connectivity index (χ1n) is 7.78. The quantitative estimate of drug-likeness (QED) is 0.753. The van der Waals surface area contributed by atoms with E-state index in [2.05, 4.69) is 23.6 Å². The average molecular weight is 292 g/mol. The number of hydrogen-bond acceptors (Lipinski definition) is 3. The molecule has 0 aromatic heterocycles. The van der Waals surface area contributed by atoms with E-state index in [9.17, 15) is 9.18 Å². The third kappa shape index (κ3) is 4.90. The number of ketones is 1. The summed E-state index contributed by atoms with van der Waals surface area (Å²) in [5.41, 5.74) is 0.218. The largest absolute Gasteiger partial charge is 0.301 e. The first-order valence-corrected chi connectivity index (χ1v) is 7.78. The van der Waals surface area contributed by atoms with E-state index < -0.39 is 5.82 Å². The minimum Gasteiger partial charge on any atom is -0.301 e. The van der Waals surface area contributed by atoms with E-state index in [1.165, 1.54) is 6.07 Å². The molecule has 0 atom stereocenters. The van der Waals surface area contributed by atoms with Crippen molar-refractivity contribution < 1.29 is 9.18 Å². The van der Waals surface area contributed by atoms with Crippen molar-refractivity contribution in [1.29, 1.82) is 0 Å². The number of Topliss-reactive ketones (excluding diaryl/α,β-unsaturated/α-hetero) is 1. The highest BCUT2D eigenvalue weighted by molar-refractivity contribution is 5.96. The Bertz CT molecular complexity index is 468. The predicted molar refractivity (Wildman–Crippen MR) is 83.1 cm³/mol. The minimum atomic E-state index is -0.413. The van der Waals surface area contributed by atoms with Gasteiger partial charge in [0.05, 0.1) is 5.56 Å². The van der Waals surface area contributed by atoms with Gasteiger partial charge in [0.25, 0.3) is 0 Å². The zero-order valence-corrected chi connectivity index (χ0v) is 13.0. The monoisotopic (exact) mass is 292 g/mol. The van der Waals surface area contributed by atoms with Crippen LogP contribution in [0.15, 0.2) is 24.3 Å². The van der Waals surface area contributed by atoms with Gasteiger partial charge >= 0.3 is 0 Å². The second-order valence-electron chi connectivity index (χ2n) is 6.19. The smallest absolute Gasteiger partial charge is 0.167 e. The summed E-state index contributed by atoms with van der Waals surface area (Å²) in [6.45, 7) is 10.5. The van der Waals surface area contributed by atoms with Crippen LogP contribution >= 0.6 is 0 Å². The second kappa shape index (κ2) is 7.66. The van der Waals surface area contributed by atoms with E-state index in [1.807, 2.05) is 0 Å². The molecular formula is C17H25FN2O. The van der Waals surface area contributed by atoms with E-state index in [-0.39, 0.29) is 11.3 Å². The van der Waals surface area contributed by atoms with Gasteiger partial charge in [-0.15, -0.1) is 0 Å². The lowest BCUT2D eigenvalue weighted by Gasteiger charge is -2.35. The zero-order valence-electron chi connectivity index (χ0n) is 13.0. The maximum absolute atomic E-state index is 13.5. The van der Waals surface area contributed by atoms with Gasteiger partial charge in [0.1, 0.15) is 5.82 Å². The summed E-state index contributed by atoms with van der Waals surface area (Å²) in [5, 5.41) is 0. The van der Waals surface area contributed by atoms with Crippen LogP contribution in [0.5, 0.6) is 0 Å². The van der Waals surface area contributed by atoms with Crippen molar-refractivity contribution in [3.8, 4) is 0 Å². The topological polar surface area (TPSA) is 23.6 Å². The summed E-state index contributed by atoms with van der Waals surface area (Å²) in [6.07, 6.45) is 0.394. The van der Waals surface area contributed by atoms with Crippen molar-refractivity contribution in [3.63, 3.8) is 0 Å². The maximum Gasteiger partial charge on any atom is 0.167 e. The third-order valence-corrected chi connectivity index (χ3v) is 3.92. The molecule has 0 bridgehead atoms. The number of rotatable bonds is 6. The van der Waals surface area contributed by atoms with E-state index in [0.29, 0.717) is 12.3 Å². The van der Waals surface area contributed by atoms with Gasteiger partial charge in [-0.25, -0.2) is 4.39 Å². The van der Waals surface area contributed by atoms with Crippen LogP contribution in [-0.4, -0.2) is 54.9 Å². The number of benzene rings is 1. The Morgan fingerprint density at radius 2 is 1.76 bits per heavy atom. The first-order chi connectivity index (χ1) is 10.1. The summed E-state index contributed by atoms with van der Waals surface area (Å²) in [4.78, 5) is 16.8. The number of piperazine rings is 1. The number of nitrogens with zero attached hydrogens (tertiary/aromatic N) is 2. The zero-order chi connectivity index (χ0) is 15.2. The lowest BCUT2D eigenvalue weighted by atomic mass is 10.1. The van der Waals surface area contributed by atoms with Crippen LogP contribution in [0.1, 0.15) is 30.6 Å². The molecule has 0 amide bonds. The van der Waals surface area contributed by atoms with Crippen molar-refractivity contribution in [2.75, 3.05) is 39.3 Å². The van der Waals surface area contributed by atoms with Crippen LogP contribution < -0.4 is 0 Å². The first kappa shape index (κ1) is 16.1. The maximum atomic E-state index is 13.5. The molecule has 1 aliphatic heterocycles. The molecule has 4 heteroatoms. The number of carbonyl (C=O) groups is 1. The Balaban J connectivity index is 1.75. The van der Waals surface area contributed by atoms with Crippen molar-refractivity contribution in [3.05, 3.63) is 35.6 Å². The van der Waals surface area contributed by atoms with Crippen LogP contribution in [0.4, 0.5) is 4.39 Å². The van der Waals surface area contributed by atoms with Gasteiger partial charge in [-0.2, -0.15) is 0 Å². The molecule has 3 nitrogen and oxygen atoms in total. The molecule has 1 fully saturated rings. The molecule has 0 unspecified atom stereocenters. The summed E-state index contributed by atoms with van der Waals surface area (Å²) in [7, 11) is 0. The lowest BCUT2D eigenvalue weighted by molar-refractivity contribution is 0.0914. The SMILES string of the molecule is CC(C)CN1CCN(CCC(=O)c2ccccc2F)CC1. The van der Waals surface area contributed by atoms with Gasteiger partial charge in [0.2, 0.25) is 0 Å². The Kier molecular flexibility index (Phi) is 5.88. The Morgan fingerprint density at radius 3 is 2.38 bits per heavy atom. The van der Waals surface area contributed by atoms with Crippen LogP contribution in [0, 0.1) is 11.7 Å². The lowest BCUT2D eigenvalue weighted by Crippen LogP contribution is -2.47. The van der Waals surface area contributed by atoms with Crippen LogP contribution in [0.25, 0.3) is 0 Å². The molecule has 0 saturated carbocycles. The molecule has 1 aromatic carbocycles. The fraction of sp³-hybridized carbons (Fsp3) is 0.588. The molecule has 1 aromatic rings. The highest BCUT2D eigenvalue weighted by Crippen LogP contribution is 2.11. The standard InChI is InChI=1S/C17H25FN2O/c1-14(2)13-20-11-9-19(10-12-20)8-7-17(21)15-5-3-4-6-16(15)18/h3-6,14H,7-13H2,1-2H3. The van der Waals surface area contributed by atoms with Crippen molar-refractivity contribution >= 4 is 5.78 Å². The van der Waals surface area contributed by atoms with Gasteiger partial charge in [-0.05, 0) is 18.1 Å². The van der Waals surface area contributed by atoms with Crippen molar-refractivity contribution in [2.45, 2.75) is 20.3 Å². The molecule has 1 aliphatic rings. The highest BCUT2D eigenvalue weighted by atomic mass is 19.1. The van der Waals surface area contributed by atoms with Gasteiger partial charge in [0, 0.05) is 45.7 Å². The summed E-state index contributed by atoms with van der Waals surface area (Å²) in [5.74, 6) is 0.182. The average Bonchev–Trinajstić information content (AvgIpc) is 2.46. The predicted octanol–water partition coefficient (Wildman–Crippen LogP) is 2.67. The highest BCUT2D eigenvalue weighted by Gasteiger charge is 2.19. The Morgan fingerprint density at radius 1 is 1.14 bits per heavy atom. The normalized spacial score (nSPS) is 17.3. The van der Waals surface area contributed by atoms with E-state index >= 15 is 0 Å². The van der Waals surface area contributed by atoms with Crippen molar-refractivity contribution in [2.24, 2.45) is 5.92 Å². The van der Waals surface area contributed by atoms with E-state index in [1.54, 1.807) is 18.2 Å². The molecule has 0 N–H and O–H groups in total. The fourth-order valence-electron chi connectivity index (χ4n) is 2.79. The molecule has 0 radical (unpaired) electrons. The van der Waals surface area contributed by atoms with Crippen molar-refractivity contribution in [1.82, 2.24) is 9.80 Å². The van der Waals surface area contributed by atoms with Crippen LogP contribution in [-0.2, 0) is 0 Å². The number of carbonyl (C=O) groups excluding carboxylic acids is 1. The third-order valence-electron chi connectivity index (χ3n) is 3.92. The van der Waals surface area contributed by atoms with Crippen LogP contribution in [0.3, 0.4) is 0 Å². The van der Waals surface area contributed by atoms with Gasteiger partial charge < -0.3 is 9.80 Å². The summed E-state index contributed by atoms with van der Waals surface area (Å²) in [6, 6.07) is 6.23. The Hall–Kier alpha value is -1.26. The molecule has 0 spiro atoms. The molecule has 1 heterocycles. The fourth-order valence-corrected chi connectivity index (χ4v) is 2.79. The molecule has 116 valence electrons. The molecule has 21 heavy (non-hydrogen) atoms. The van der Waals surface area contributed by atoms with Gasteiger partial charge in [-0.1, -0.05) is 26.0 Å². The van der Waals surface area contributed by atoms with E-state index in [4.69, 9.17) is 0 Å². The van der Waals surface area contributed by atoms with E-state index in [0.717, 1.165) is 39.3 Å².